The highest BCUT2D eigenvalue weighted by atomic mass is 16.1. The van der Waals surface area contributed by atoms with Gasteiger partial charge in [0.2, 0.25) is 0 Å². The Kier molecular flexibility index (Phi) is 5.92. The van der Waals surface area contributed by atoms with Crippen LogP contribution in [0.4, 0.5) is 5.82 Å². The standard InChI is InChI=1S/C15H25N5O/c1-3-17-14-11-16-10-13(19-14)15(21)18-8-9-20(2)12-6-4-5-7-12/h10-12H,3-9H2,1-2H3,(H,17,19)(H,18,21). The lowest BCUT2D eigenvalue weighted by Gasteiger charge is -2.23. The van der Waals surface area contributed by atoms with Crippen molar-refractivity contribution in [2.75, 3.05) is 32.0 Å². The third-order valence-corrected chi connectivity index (χ3v) is 3.92. The Bertz CT molecular complexity index is 459. The molecule has 1 aromatic rings. The Morgan fingerprint density at radius 1 is 1.38 bits per heavy atom. The van der Waals surface area contributed by atoms with Crippen LogP contribution >= 0.6 is 0 Å². The number of nitrogens with zero attached hydrogens (tertiary/aromatic N) is 3. The number of anilines is 1. The Labute approximate surface area is 126 Å². The maximum Gasteiger partial charge on any atom is 0.271 e. The third-order valence-electron chi connectivity index (χ3n) is 3.92. The molecule has 1 aliphatic rings. The maximum absolute atomic E-state index is 12.0. The lowest BCUT2D eigenvalue weighted by atomic mass is 10.2. The minimum atomic E-state index is -0.165. The fourth-order valence-electron chi connectivity index (χ4n) is 2.71. The fraction of sp³-hybridized carbons (Fsp3) is 0.667. The molecule has 1 fully saturated rings. The molecule has 116 valence electrons. The summed E-state index contributed by atoms with van der Waals surface area (Å²) in [6, 6.07) is 0.679. The summed E-state index contributed by atoms with van der Waals surface area (Å²) < 4.78 is 0. The average molecular weight is 291 g/mol. The maximum atomic E-state index is 12.0. The van der Waals surface area contributed by atoms with Gasteiger partial charge in [0, 0.05) is 25.7 Å². The van der Waals surface area contributed by atoms with E-state index in [0.29, 0.717) is 24.1 Å². The molecule has 6 nitrogen and oxygen atoms in total. The van der Waals surface area contributed by atoms with Crippen molar-refractivity contribution in [3.05, 3.63) is 18.1 Å². The first-order valence-electron chi connectivity index (χ1n) is 7.75. The number of hydrogen-bond donors (Lipinski definition) is 2. The second-order valence-corrected chi connectivity index (χ2v) is 5.49. The van der Waals surface area contributed by atoms with Crippen molar-refractivity contribution in [3.8, 4) is 0 Å². The van der Waals surface area contributed by atoms with Gasteiger partial charge in [0.1, 0.15) is 11.5 Å². The molecular formula is C15H25N5O. The van der Waals surface area contributed by atoms with E-state index in [0.717, 1.165) is 13.1 Å². The van der Waals surface area contributed by atoms with Crippen LogP contribution in [-0.4, -0.2) is 53.5 Å². The molecule has 1 saturated carbocycles. The molecule has 1 aliphatic carbocycles. The lowest BCUT2D eigenvalue weighted by Crippen LogP contribution is -2.37. The van der Waals surface area contributed by atoms with Gasteiger partial charge in [-0.25, -0.2) is 4.98 Å². The largest absolute Gasteiger partial charge is 0.369 e. The van der Waals surface area contributed by atoms with Gasteiger partial charge >= 0.3 is 0 Å². The van der Waals surface area contributed by atoms with E-state index in [1.807, 2.05) is 6.92 Å². The summed E-state index contributed by atoms with van der Waals surface area (Å²) in [4.78, 5) is 22.7. The predicted octanol–water partition coefficient (Wildman–Crippen LogP) is 1.51. The molecule has 6 heteroatoms. The van der Waals surface area contributed by atoms with Crippen LogP contribution in [0.15, 0.2) is 12.4 Å². The summed E-state index contributed by atoms with van der Waals surface area (Å²) in [5.41, 5.74) is 0.358. The van der Waals surface area contributed by atoms with Gasteiger partial charge in [-0.2, -0.15) is 0 Å². The van der Waals surface area contributed by atoms with Crippen LogP contribution in [0, 0.1) is 0 Å². The normalized spacial score (nSPS) is 15.4. The van der Waals surface area contributed by atoms with Crippen LogP contribution in [0.3, 0.4) is 0 Å². The van der Waals surface area contributed by atoms with E-state index in [-0.39, 0.29) is 5.91 Å². The van der Waals surface area contributed by atoms with Crippen molar-refractivity contribution in [2.45, 2.75) is 38.6 Å². The zero-order valence-corrected chi connectivity index (χ0v) is 12.9. The molecule has 0 unspecified atom stereocenters. The Balaban J connectivity index is 1.77. The van der Waals surface area contributed by atoms with E-state index in [1.165, 1.54) is 31.9 Å². The van der Waals surface area contributed by atoms with Gasteiger partial charge in [0.05, 0.1) is 12.4 Å². The fourth-order valence-corrected chi connectivity index (χ4v) is 2.71. The van der Waals surface area contributed by atoms with E-state index in [4.69, 9.17) is 0 Å². The molecular weight excluding hydrogens is 266 g/mol. The molecule has 0 radical (unpaired) electrons. The SMILES string of the molecule is CCNc1cncc(C(=O)NCCN(C)C2CCCC2)n1. The number of carbonyl (C=O) groups excluding carboxylic acids is 1. The zero-order chi connectivity index (χ0) is 15.1. The van der Waals surface area contributed by atoms with Gasteiger partial charge in [0.25, 0.3) is 5.91 Å². The van der Waals surface area contributed by atoms with Crippen molar-refractivity contribution in [2.24, 2.45) is 0 Å². The Hall–Kier alpha value is -1.69. The number of aromatic nitrogens is 2. The summed E-state index contributed by atoms with van der Waals surface area (Å²) in [6.07, 6.45) is 8.33. The first-order chi connectivity index (χ1) is 10.2. The highest BCUT2D eigenvalue weighted by Crippen LogP contribution is 2.21. The quantitative estimate of drug-likeness (QED) is 0.797. The lowest BCUT2D eigenvalue weighted by molar-refractivity contribution is 0.0942. The van der Waals surface area contributed by atoms with Gasteiger partial charge < -0.3 is 15.5 Å². The Morgan fingerprint density at radius 3 is 2.86 bits per heavy atom. The van der Waals surface area contributed by atoms with E-state index in [9.17, 15) is 4.79 Å². The minimum absolute atomic E-state index is 0.165. The number of likely N-dealkylation sites (N-methyl/N-ethyl adjacent to an activating group) is 1. The van der Waals surface area contributed by atoms with Gasteiger partial charge in [-0.05, 0) is 26.8 Å². The third kappa shape index (κ3) is 4.67. The van der Waals surface area contributed by atoms with Crippen molar-refractivity contribution >= 4 is 11.7 Å². The minimum Gasteiger partial charge on any atom is -0.369 e. The molecule has 2 rings (SSSR count). The summed E-state index contributed by atoms with van der Waals surface area (Å²) in [7, 11) is 2.13. The molecule has 1 aromatic heterocycles. The second kappa shape index (κ2) is 7.93. The molecule has 21 heavy (non-hydrogen) atoms. The molecule has 0 aromatic carbocycles. The number of carbonyl (C=O) groups is 1. The molecule has 0 saturated heterocycles. The van der Waals surface area contributed by atoms with E-state index >= 15 is 0 Å². The van der Waals surface area contributed by atoms with E-state index < -0.39 is 0 Å². The van der Waals surface area contributed by atoms with Gasteiger partial charge in [-0.1, -0.05) is 12.8 Å². The van der Waals surface area contributed by atoms with Crippen LogP contribution in [0.1, 0.15) is 43.1 Å². The molecule has 1 heterocycles. The molecule has 0 bridgehead atoms. The van der Waals surface area contributed by atoms with Gasteiger partial charge in [-0.15, -0.1) is 0 Å². The van der Waals surface area contributed by atoms with E-state index in [2.05, 4.69) is 32.5 Å². The number of amides is 1. The average Bonchev–Trinajstić information content (AvgIpc) is 3.02. The highest BCUT2D eigenvalue weighted by Gasteiger charge is 2.19. The van der Waals surface area contributed by atoms with Crippen LogP contribution in [0.2, 0.25) is 0 Å². The first kappa shape index (κ1) is 15.7. The van der Waals surface area contributed by atoms with Crippen molar-refractivity contribution < 1.29 is 4.79 Å². The van der Waals surface area contributed by atoms with Crippen LogP contribution in [0.25, 0.3) is 0 Å². The van der Waals surface area contributed by atoms with Crippen LogP contribution < -0.4 is 10.6 Å². The topological polar surface area (TPSA) is 70.2 Å². The zero-order valence-electron chi connectivity index (χ0n) is 12.9. The van der Waals surface area contributed by atoms with Crippen LogP contribution in [-0.2, 0) is 0 Å². The van der Waals surface area contributed by atoms with Gasteiger partial charge in [-0.3, -0.25) is 9.78 Å². The summed E-state index contributed by atoms with van der Waals surface area (Å²) in [5.74, 6) is 0.468. The van der Waals surface area contributed by atoms with Gasteiger partial charge in [0.15, 0.2) is 0 Å². The number of rotatable bonds is 7. The Morgan fingerprint density at radius 2 is 2.14 bits per heavy atom. The number of hydrogen-bond acceptors (Lipinski definition) is 5. The van der Waals surface area contributed by atoms with Crippen molar-refractivity contribution in [1.82, 2.24) is 20.2 Å². The molecule has 2 N–H and O–H groups in total. The summed E-state index contributed by atoms with van der Waals surface area (Å²) in [5, 5.41) is 5.96. The van der Waals surface area contributed by atoms with Crippen molar-refractivity contribution in [1.29, 1.82) is 0 Å². The smallest absolute Gasteiger partial charge is 0.271 e. The second-order valence-electron chi connectivity index (χ2n) is 5.49. The highest BCUT2D eigenvalue weighted by molar-refractivity contribution is 5.92. The summed E-state index contributed by atoms with van der Waals surface area (Å²) in [6.45, 7) is 4.24. The molecule has 0 atom stereocenters. The summed E-state index contributed by atoms with van der Waals surface area (Å²) >= 11 is 0. The predicted molar refractivity (Wildman–Crippen MR) is 83.4 cm³/mol. The number of nitrogens with one attached hydrogen (secondary N) is 2. The molecule has 0 spiro atoms. The molecule has 0 aliphatic heterocycles. The van der Waals surface area contributed by atoms with Crippen LogP contribution in [0.5, 0.6) is 0 Å². The monoisotopic (exact) mass is 291 g/mol. The van der Waals surface area contributed by atoms with E-state index in [1.54, 1.807) is 6.20 Å². The van der Waals surface area contributed by atoms with Crippen molar-refractivity contribution in [3.63, 3.8) is 0 Å². The first-order valence-corrected chi connectivity index (χ1v) is 7.75. The molecule has 1 amide bonds.